The van der Waals surface area contributed by atoms with Gasteiger partial charge in [-0.3, -0.25) is 15.0 Å². The Balaban J connectivity index is 1.33. The average molecular weight is 480 g/mol. The molecule has 0 N–H and O–H groups in total. The van der Waals surface area contributed by atoms with Gasteiger partial charge in [0.15, 0.2) is 12.6 Å². The van der Waals surface area contributed by atoms with Crippen molar-refractivity contribution in [2.75, 3.05) is 6.61 Å². The predicted molar refractivity (Wildman–Crippen MR) is 124 cm³/mol. The van der Waals surface area contributed by atoms with Crippen LogP contribution in [0, 0.1) is 0 Å². The van der Waals surface area contributed by atoms with Crippen molar-refractivity contribution in [3.05, 3.63) is 90.3 Å². The topological polar surface area (TPSA) is 94.1 Å². The third-order valence-electron chi connectivity index (χ3n) is 5.82. The van der Waals surface area contributed by atoms with Crippen LogP contribution < -0.4 is 0 Å². The number of hydrogen-bond donors (Lipinski definition) is 0. The first kappa shape index (κ1) is 23.9. The summed E-state index contributed by atoms with van der Waals surface area (Å²) >= 11 is 0. The quantitative estimate of drug-likeness (QED) is 0.435. The van der Waals surface area contributed by atoms with Gasteiger partial charge in [0.1, 0.15) is 24.4 Å². The maximum Gasteiger partial charge on any atom is 0.190 e. The number of nitrogens with zero attached hydrogens (tertiary/aromatic N) is 3. The van der Waals surface area contributed by atoms with Crippen LogP contribution >= 0.6 is 0 Å². The molecule has 0 bridgehead atoms. The molecule has 5 heterocycles. The third-order valence-corrected chi connectivity index (χ3v) is 5.82. The predicted octanol–water partition coefficient (Wildman–Crippen LogP) is 3.05. The highest BCUT2D eigenvalue weighted by atomic mass is 16.8. The van der Waals surface area contributed by atoms with Crippen LogP contribution in [-0.2, 0) is 48.2 Å². The second-order valence-electron chi connectivity index (χ2n) is 8.38. The Kier molecular flexibility index (Phi) is 8.04. The summed E-state index contributed by atoms with van der Waals surface area (Å²) in [5.74, 6) is 0. The largest absolute Gasteiger partial charge is 0.372 e. The molecule has 9 heteroatoms. The van der Waals surface area contributed by atoms with Gasteiger partial charge in [-0.25, -0.2) is 0 Å². The molecule has 6 atom stereocenters. The van der Waals surface area contributed by atoms with E-state index in [2.05, 4.69) is 15.0 Å². The van der Waals surface area contributed by atoms with E-state index < -0.39 is 37.0 Å². The zero-order chi connectivity index (χ0) is 23.9. The van der Waals surface area contributed by atoms with Gasteiger partial charge >= 0.3 is 0 Å². The van der Waals surface area contributed by atoms with E-state index in [1.54, 1.807) is 18.6 Å². The molecule has 2 aliphatic heterocycles. The standard InChI is InChI=1S/C26H29N3O6/c1-18-33-25-24(32-16-21-10-4-7-13-29-21)23(31-15-20-9-3-6-12-28-20)22(35-26(25)34-18)17-30-14-19-8-2-5-11-27-19/h2-13,18,22-26H,14-17H2,1H3/t18?,22-,23+,24+,25-,26+/m1/s1. The van der Waals surface area contributed by atoms with E-state index in [9.17, 15) is 0 Å². The zero-order valence-corrected chi connectivity index (χ0v) is 19.5. The van der Waals surface area contributed by atoms with Gasteiger partial charge in [0, 0.05) is 18.6 Å². The molecule has 0 amide bonds. The number of ether oxygens (including phenoxy) is 6. The van der Waals surface area contributed by atoms with Crippen molar-refractivity contribution < 1.29 is 28.4 Å². The third kappa shape index (κ3) is 6.26. The molecule has 2 saturated heterocycles. The Bertz CT molecular complexity index is 1030. The lowest BCUT2D eigenvalue weighted by molar-refractivity contribution is -0.278. The van der Waals surface area contributed by atoms with Crippen molar-refractivity contribution in [2.45, 2.75) is 63.7 Å². The Hall–Kier alpha value is -2.79. The molecule has 35 heavy (non-hydrogen) atoms. The zero-order valence-electron chi connectivity index (χ0n) is 19.5. The van der Waals surface area contributed by atoms with Crippen LogP contribution in [0.4, 0.5) is 0 Å². The van der Waals surface area contributed by atoms with Crippen molar-refractivity contribution in [3.63, 3.8) is 0 Å². The van der Waals surface area contributed by atoms with Crippen LogP contribution in [0.1, 0.15) is 24.0 Å². The van der Waals surface area contributed by atoms with Crippen LogP contribution in [0.3, 0.4) is 0 Å². The van der Waals surface area contributed by atoms with Crippen LogP contribution in [0.2, 0.25) is 0 Å². The second-order valence-corrected chi connectivity index (χ2v) is 8.38. The van der Waals surface area contributed by atoms with Crippen molar-refractivity contribution in [1.82, 2.24) is 15.0 Å². The van der Waals surface area contributed by atoms with E-state index >= 15 is 0 Å². The molecule has 0 aliphatic carbocycles. The number of aromatic nitrogens is 3. The molecule has 0 radical (unpaired) electrons. The van der Waals surface area contributed by atoms with E-state index in [4.69, 9.17) is 28.4 Å². The Morgan fingerprint density at radius 2 is 1.26 bits per heavy atom. The van der Waals surface area contributed by atoms with Crippen LogP contribution in [0.15, 0.2) is 73.2 Å². The molecule has 0 spiro atoms. The molecule has 3 aromatic heterocycles. The van der Waals surface area contributed by atoms with Crippen molar-refractivity contribution in [3.8, 4) is 0 Å². The van der Waals surface area contributed by atoms with Gasteiger partial charge in [-0.1, -0.05) is 18.2 Å². The Morgan fingerprint density at radius 3 is 1.83 bits per heavy atom. The highest BCUT2D eigenvalue weighted by Gasteiger charge is 2.53. The fourth-order valence-corrected chi connectivity index (χ4v) is 4.19. The molecule has 3 aromatic rings. The summed E-state index contributed by atoms with van der Waals surface area (Å²) in [7, 11) is 0. The SMILES string of the molecule is CC1O[C@H]2O[C@H](COCc3ccccn3)[C@H](OCc3ccccn3)[C@H](OCc3ccccn3)[C@H]2O1. The summed E-state index contributed by atoms with van der Waals surface area (Å²) in [6, 6.07) is 17.2. The highest BCUT2D eigenvalue weighted by Crippen LogP contribution is 2.35. The molecule has 184 valence electrons. The lowest BCUT2D eigenvalue weighted by atomic mass is 9.98. The van der Waals surface area contributed by atoms with Crippen molar-refractivity contribution in [2.24, 2.45) is 0 Å². The van der Waals surface area contributed by atoms with E-state index in [0.717, 1.165) is 17.1 Å². The van der Waals surface area contributed by atoms with Crippen LogP contribution in [-0.4, -0.2) is 58.6 Å². The first-order chi connectivity index (χ1) is 17.3. The van der Waals surface area contributed by atoms with E-state index in [1.807, 2.05) is 61.5 Å². The maximum absolute atomic E-state index is 6.37. The summed E-state index contributed by atoms with van der Waals surface area (Å²) in [4.78, 5) is 13.1. The summed E-state index contributed by atoms with van der Waals surface area (Å²) in [5, 5.41) is 0. The molecule has 1 unspecified atom stereocenters. The average Bonchev–Trinajstić information content (AvgIpc) is 3.28. The van der Waals surface area contributed by atoms with Gasteiger partial charge in [0.2, 0.25) is 0 Å². The fraction of sp³-hybridized carbons (Fsp3) is 0.423. The Labute approximate surface area is 204 Å². The first-order valence-corrected chi connectivity index (χ1v) is 11.7. The molecule has 5 rings (SSSR count). The minimum atomic E-state index is -0.586. The summed E-state index contributed by atoms with van der Waals surface area (Å²) < 4.78 is 36.9. The normalized spacial score (nSPS) is 28.0. The lowest BCUT2D eigenvalue weighted by Gasteiger charge is -2.42. The van der Waals surface area contributed by atoms with Crippen molar-refractivity contribution >= 4 is 0 Å². The van der Waals surface area contributed by atoms with Crippen LogP contribution in [0.25, 0.3) is 0 Å². The summed E-state index contributed by atoms with van der Waals surface area (Å²) in [5.41, 5.74) is 2.46. The number of pyridine rings is 3. The fourth-order valence-electron chi connectivity index (χ4n) is 4.19. The molecule has 2 aliphatic rings. The smallest absolute Gasteiger partial charge is 0.190 e. The monoisotopic (exact) mass is 479 g/mol. The number of rotatable bonds is 10. The molecular formula is C26H29N3O6. The Morgan fingerprint density at radius 1 is 0.686 bits per heavy atom. The van der Waals surface area contributed by atoms with Gasteiger partial charge in [-0.05, 0) is 43.3 Å². The van der Waals surface area contributed by atoms with E-state index in [0.29, 0.717) is 19.8 Å². The van der Waals surface area contributed by atoms with E-state index in [1.165, 1.54) is 0 Å². The number of hydrogen-bond acceptors (Lipinski definition) is 9. The molecule has 0 saturated carbocycles. The van der Waals surface area contributed by atoms with Gasteiger partial charge in [0.25, 0.3) is 0 Å². The van der Waals surface area contributed by atoms with Gasteiger partial charge in [-0.15, -0.1) is 0 Å². The van der Waals surface area contributed by atoms with Gasteiger partial charge < -0.3 is 28.4 Å². The molecule has 2 fully saturated rings. The molecular weight excluding hydrogens is 450 g/mol. The highest BCUT2D eigenvalue weighted by molar-refractivity contribution is 5.05. The van der Waals surface area contributed by atoms with Gasteiger partial charge in [-0.2, -0.15) is 0 Å². The minimum Gasteiger partial charge on any atom is -0.372 e. The van der Waals surface area contributed by atoms with E-state index in [-0.39, 0.29) is 6.61 Å². The lowest BCUT2D eigenvalue weighted by Crippen LogP contribution is -2.59. The first-order valence-electron chi connectivity index (χ1n) is 11.7. The summed E-state index contributed by atoms with van der Waals surface area (Å²) in [6.07, 6.45) is 2.36. The molecule has 0 aromatic carbocycles. The second kappa shape index (κ2) is 11.8. The minimum absolute atomic E-state index is 0.272. The van der Waals surface area contributed by atoms with Crippen LogP contribution in [0.5, 0.6) is 0 Å². The van der Waals surface area contributed by atoms with Crippen molar-refractivity contribution in [1.29, 1.82) is 0 Å². The van der Waals surface area contributed by atoms with Gasteiger partial charge in [0.05, 0.1) is 43.5 Å². The molecule has 9 nitrogen and oxygen atoms in total. The maximum atomic E-state index is 6.37. The number of fused-ring (bicyclic) bond motifs is 1. The summed E-state index contributed by atoms with van der Waals surface area (Å²) in [6.45, 7) is 3.07.